The fourth-order valence-corrected chi connectivity index (χ4v) is 3.80. The zero-order valence-electron chi connectivity index (χ0n) is 18.1. The summed E-state index contributed by atoms with van der Waals surface area (Å²) in [6.07, 6.45) is 6.78. The van der Waals surface area contributed by atoms with Crippen molar-refractivity contribution in [3.05, 3.63) is 36.7 Å². The van der Waals surface area contributed by atoms with E-state index in [9.17, 15) is 9.00 Å². The van der Waals surface area contributed by atoms with Crippen LogP contribution in [0.25, 0.3) is 11.3 Å². The third kappa shape index (κ3) is 6.26. The highest BCUT2D eigenvalue weighted by Crippen LogP contribution is 2.21. The van der Waals surface area contributed by atoms with Crippen molar-refractivity contribution in [2.45, 2.75) is 44.1 Å². The Morgan fingerprint density at radius 1 is 1.17 bits per heavy atom. The number of amides is 1. The van der Waals surface area contributed by atoms with Gasteiger partial charge in [0.25, 0.3) is 0 Å². The van der Waals surface area contributed by atoms with Crippen molar-refractivity contribution < 1.29 is 13.7 Å². The molecule has 1 unspecified atom stereocenters. The number of ether oxygens (including phenoxy) is 1. The molecular formula is C22H30N4O3S. The monoisotopic (exact) mass is 430 g/mol. The lowest BCUT2D eigenvalue weighted by molar-refractivity contribution is 0.0188. The van der Waals surface area contributed by atoms with Crippen molar-refractivity contribution in [2.24, 2.45) is 5.92 Å². The van der Waals surface area contributed by atoms with E-state index in [-0.39, 0.29) is 6.09 Å². The molecule has 1 aromatic heterocycles. The van der Waals surface area contributed by atoms with Gasteiger partial charge in [-0.2, -0.15) is 0 Å². The Morgan fingerprint density at radius 2 is 1.83 bits per heavy atom. The molecule has 30 heavy (non-hydrogen) atoms. The number of likely N-dealkylation sites (tertiary alicyclic amines) is 1. The van der Waals surface area contributed by atoms with Crippen molar-refractivity contribution in [1.82, 2.24) is 14.9 Å². The third-order valence-electron chi connectivity index (χ3n) is 4.97. The predicted molar refractivity (Wildman–Crippen MR) is 119 cm³/mol. The van der Waals surface area contributed by atoms with Gasteiger partial charge >= 0.3 is 6.09 Å². The van der Waals surface area contributed by atoms with E-state index >= 15 is 0 Å². The summed E-state index contributed by atoms with van der Waals surface area (Å²) in [6, 6.07) is 7.52. The number of anilines is 1. The highest BCUT2D eigenvalue weighted by molar-refractivity contribution is 7.84. The van der Waals surface area contributed by atoms with Crippen LogP contribution in [0.15, 0.2) is 41.6 Å². The first-order chi connectivity index (χ1) is 14.2. The van der Waals surface area contributed by atoms with Crippen LogP contribution in [0.1, 0.15) is 33.6 Å². The fraction of sp³-hybridized carbons (Fsp3) is 0.500. The zero-order chi connectivity index (χ0) is 21.7. The lowest BCUT2D eigenvalue weighted by Crippen LogP contribution is -2.42. The zero-order valence-corrected chi connectivity index (χ0v) is 18.9. The maximum absolute atomic E-state index is 12.2. The van der Waals surface area contributed by atoms with E-state index in [2.05, 4.69) is 15.3 Å². The van der Waals surface area contributed by atoms with Gasteiger partial charge in [-0.15, -0.1) is 0 Å². The molecule has 162 valence electrons. The smallest absolute Gasteiger partial charge is 0.410 e. The highest BCUT2D eigenvalue weighted by atomic mass is 32.2. The second-order valence-electron chi connectivity index (χ2n) is 8.56. The molecule has 1 atom stereocenters. The largest absolute Gasteiger partial charge is 0.444 e. The van der Waals surface area contributed by atoms with Crippen LogP contribution in [0.3, 0.4) is 0 Å². The average Bonchev–Trinajstić information content (AvgIpc) is 2.72. The summed E-state index contributed by atoms with van der Waals surface area (Å²) in [7, 11) is -0.987. The van der Waals surface area contributed by atoms with Crippen LogP contribution in [0.4, 0.5) is 10.6 Å². The molecule has 0 bridgehead atoms. The lowest BCUT2D eigenvalue weighted by atomic mass is 9.97. The van der Waals surface area contributed by atoms with E-state index in [0.29, 0.717) is 19.0 Å². The summed E-state index contributed by atoms with van der Waals surface area (Å²) in [6.45, 7) is 7.88. The van der Waals surface area contributed by atoms with Gasteiger partial charge in [-0.05, 0) is 51.7 Å². The standard InChI is InChI=1S/C22H30N4O3S/c1-22(2,3)29-21(27)26-11-9-16(10-12-26)13-24-20-15-23-19(14-25-20)17-5-7-18(8-6-17)30(4)28/h5-8,14-16H,9-13H2,1-4H3,(H,24,25). The summed E-state index contributed by atoms with van der Waals surface area (Å²) < 4.78 is 16.9. The van der Waals surface area contributed by atoms with Gasteiger partial charge < -0.3 is 15.0 Å². The van der Waals surface area contributed by atoms with Gasteiger partial charge in [-0.3, -0.25) is 9.19 Å². The third-order valence-corrected chi connectivity index (χ3v) is 5.91. The first kappa shape index (κ1) is 22.2. The molecule has 7 nitrogen and oxygen atoms in total. The summed E-state index contributed by atoms with van der Waals surface area (Å²) in [5, 5.41) is 3.35. The second-order valence-corrected chi connectivity index (χ2v) is 9.94. The Morgan fingerprint density at radius 3 is 2.37 bits per heavy atom. The predicted octanol–water partition coefficient (Wildman–Crippen LogP) is 3.94. The topological polar surface area (TPSA) is 84.4 Å². The number of carbonyl (C=O) groups excluding carboxylic acids is 1. The van der Waals surface area contributed by atoms with Gasteiger partial charge in [0.15, 0.2) is 0 Å². The molecule has 1 amide bonds. The molecule has 8 heteroatoms. The maximum atomic E-state index is 12.2. The molecule has 3 rings (SSSR count). The quantitative estimate of drug-likeness (QED) is 0.773. The molecule has 1 aliphatic heterocycles. The van der Waals surface area contributed by atoms with Gasteiger partial charge in [0.05, 0.1) is 18.1 Å². The molecule has 2 heterocycles. The number of nitrogens with one attached hydrogen (secondary N) is 1. The van der Waals surface area contributed by atoms with Gasteiger partial charge in [0.2, 0.25) is 0 Å². The number of hydrogen-bond donors (Lipinski definition) is 1. The minimum absolute atomic E-state index is 0.228. The Kier molecular flexibility index (Phi) is 7.07. The summed E-state index contributed by atoms with van der Waals surface area (Å²) >= 11 is 0. The molecule has 1 aromatic carbocycles. The molecule has 0 aliphatic carbocycles. The number of nitrogens with zero attached hydrogens (tertiary/aromatic N) is 3. The number of benzene rings is 1. The average molecular weight is 431 g/mol. The molecule has 2 aromatic rings. The van der Waals surface area contributed by atoms with E-state index in [4.69, 9.17) is 4.74 Å². The first-order valence-electron chi connectivity index (χ1n) is 10.2. The summed E-state index contributed by atoms with van der Waals surface area (Å²) in [4.78, 5) is 23.7. The van der Waals surface area contributed by atoms with E-state index in [1.807, 2.05) is 45.0 Å². The number of hydrogen-bond acceptors (Lipinski definition) is 6. The highest BCUT2D eigenvalue weighted by Gasteiger charge is 2.26. The number of rotatable bonds is 5. The lowest BCUT2D eigenvalue weighted by Gasteiger charge is -2.33. The minimum Gasteiger partial charge on any atom is -0.444 e. The number of aromatic nitrogens is 2. The Labute approximate surface area is 180 Å². The van der Waals surface area contributed by atoms with Crippen molar-refractivity contribution in [2.75, 3.05) is 31.2 Å². The van der Waals surface area contributed by atoms with Crippen LogP contribution in [-0.4, -0.2) is 56.7 Å². The molecular weight excluding hydrogens is 400 g/mol. The molecule has 0 spiro atoms. The van der Waals surface area contributed by atoms with Crippen LogP contribution in [0.5, 0.6) is 0 Å². The Bertz CT molecular complexity index is 871. The SMILES string of the molecule is CS(=O)c1ccc(-c2cnc(NCC3CCN(C(=O)OC(C)(C)C)CC3)cn2)cc1. The second kappa shape index (κ2) is 9.55. The van der Waals surface area contributed by atoms with Gasteiger partial charge in [-0.25, -0.2) is 9.78 Å². The maximum Gasteiger partial charge on any atom is 0.410 e. The van der Waals surface area contributed by atoms with Crippen LogP contribution in [0.2, 0.25) is 0 Å². The summed E-state index contributed by atoms with van der Waals surface area (Å²) in [5.41, 5.74) is 1.26. The van der Waals surface area contributed by atoms with Gasteiger partial charge in [0, 0.05) is 47.1 Å². The van der Waals surface area contributed by atoms with Crippen LogP contribution in [-0.2, 0) is 15.5 Å². The normalized spacial score (nSPS) is 16.2. The molecule has 0 saturated carbocycles. The van der Waals surface area contributed by atoms with Gasteiger partial charge in [-0.1, -0.05) is 12.1 Å². The van der Waals surface area contributed by atoms with E-state index in [1.165, 1.54) is 0 Å². The van der Waals surface area contributed by atoms with Crippen molar-refractivity contribution in [3.8, 4) is 11.3 Å². The molecule has 1 aliphatic rings. The molecule has 1 N–H and O–H groups in total. The number of carbonyl (C=O) groups is 1. The molecule has 1 saturated heterocycles. The van der Waals surface area contributed by atoms with E-state index in [0.717, 1.165) is 41.4 Å². The molecule has 0 radical (unpaired) electrons. The first-order valence-corrected chi connectivity index (χ1v) is 11.7. The summed E-state index contributed by atoms with van der Waals surface area (Å²) in [5.74, 6) is 1.22. The Hall–Kier alpha value is -2.48. The van der Waals surface area contributed by atoms with Crippen molar-refractivity contribution in [1.29, 1.82) is 0 Å². The molecule has 1 fully saturated rings. The van der Waals surface area contributed by atoms with Gasteiger partial charge in [0.1, 0.15) is 11.4 Å². The van der Waals surface area contributed by atoms with Crippen LogP contribution in [0, 0.1) is 5.92 Å². The van der Waals surface area contributed by atoms with Crippen molar-refractivity contribution >= 4 is 22.7 Å². The van der Waals surface area contributed by atoms with Crippen LogP contribution < -0.4 is 5.32 Å². The Balaban J connectivity index is 1.47. The van der Waals surface area contributed by atoms with Crippen LogP contribution >= 0.6 is 0 Å². The van der Waals surface area contributed by atoms with E-state index < -0.39 is 16.4 Å². The van der Waals surface area contributed by atoms with E-state index in [1.54, 1.807) is 23.5 Å². The fourth-order valence-electron chi connectivity index (χ4n) is 3.28. The number of piperidine rings is 1. The van der Waals surface area contributed by atoms with Crippen molar-refractivity contribution in [3.63, 3.8) is 0 Å². The minimum atomic E-state index is -0.987.